The molecule has 0 aromatic heterocycles. The van der Waals surface area contributed by atoms with Crippen molar-refractivity contribution >= 4 is 11.6 Å². The van der Waals surface area contributed by atoms with Gasteiger partial charge in [0, 0.05) is 18.1 Å². The summed E-state index contributed by atoms with van der Waals surface area (Å²) >= 11 is 6.31. The molecule has 0 radical (unpaired) electrons. The van der Waals surface area contributed by atoms with Gasteiger partial charge in [0.2, 0.25) is 0 Å². The van der Waals surface area contributed by atoms with Crippen LogP contribution in [0, 0.1) is 6.92 Å². The number of nitrogens with one attached hydrogen (secondary N) is 1. The lowest BCUT2D eigenvalue weighted by atomic mass is 9.98. The quantitative estimate of drug-likeness (QED) is 0.871. The number of likely N-dealkylation sites (N-methyl/N-ethyl adjacent to an activating group) is 1. The normalized spacial score (nSPS) is 21.4. The van der Waals surface area contributed by atoms with Crippen LogP contribution in [0.15, 0.2) is 18.2 Å². The van der Waals surface area contributed by atoms with E-state index in [0.717, 1.165) is 49.8 Å². The number of ether oxygens (including phenoxy) is 1. The zero-order valence-corrected chi connectivity index (χ0v) is 14.1. The highest BCUT2D eigenvalue weighted by atomic mass is 35.5. The standard InChI is InChI=1S/C17H27ClN2O/c1-4-8-19-17(14-7-6-13(3)15(18)11-14)16-12-20(5-2)9-10-21-16/h6-7,11,16-17,19H,4-5,8-10,12H2,1-3H3. The van der Waals surface area contributed by atoms with Gasteiger partial charge in [-0.25, -0.2) is 0 Å². The molecule has 2 atom stereocenters. The molecule has 1 fully saturated rings. The molecule has 1 aliphatic rings. The van der Waals surface area contributed by atoms with Crippen molar-refractivity contribution in [2.75, 3.05) is 32.8 Å². The maximum Gasteiger partial charge on any atom is 0.0896 e. The first-order valence-corrected chi connectivity index (χ1v) is 8.36. The number of morpholine rings is 1. The molecular formula is C17H27ClN2O. The van der Waals surface area contributed by atoms with E-state index in [9.17, 15) is 0 Å². The molecule has 1 aliphatic heterocycles. The van der Waals surface area contributed by atoms with Gasteiger partial charge >= 0.3 is 0 Å². The molecule has 1 aromatic carbocycles. The van der Waals surface area contributed by atoms with E-state index in [-0.39, 0.29) is 12.1 Å². The van der Waals surface area contributed by atoms with E-state index >= 15 is 0 Å². The Kier molecular flexibility index (Phi) is 6.49. The first-order chi connectivity index (χ1) is 10.2. The summed E-state index contributed by atoms with van der Waals surface area (Å²) in [6.07, 6.45) is 1.30. The number of halogens is 1. The number of aryl methyl sites for hydroxylation is 1. The fourth-order valence-electron chi connectivity index (χ4n) is 2.79. The van der Waals surface area contributed by atoms with Crippen LogP contribution in [-0.2, 0) is 4.74 Å². The zero-order valence-electron chi connectivity index (χ0n) is 13.4. The highest BCUT2D eigenvalue weighted by molar-refractivity contribution is 6.31. The predicted molar refractivity (Wildman–Crippen MR) is 89.1 cm³/mol. The Morgan fingerprint density at radius 3 is 2.90 bits per heavy atom. The predicted octanol–water partition coefficient (Wildman–Crippen LogP) is 3.41. The molecule has 2 unspecified atom stereocenters. The van der Waals surface area contributed by atoms with E-state index in [1.165, 1.54) is 5.56 Å². The lowest BCUT2D eigenvalue weighted by Crippen LogP contribution is -2.48. The summed E-state index contributed by atoms with van der Waals surface area (Å²) in [5, 5.41) is 4.47. The molecule has 1 heterocycles. The van der Waals surface area contributed by atoms with Gasteiger partial charge in [0.1, 0.15) is 0 Å². The van der Waals surface area contributed by atoms with E-state index < -0.39 is 0 Å². The monoisotopic (exact) mass is 310 g/mol. The van der Waals surface area contributed by atoms with Crippen molar-refractivity contribution in [1.82, 2.24) is 10.2 Å². The molecule has 1 saturated heterocycles. The summed E-state index contributed by atoms with van der Waals surface area (Å²) in [5.74, 6) is 0. The van der Waals surface area contributed by atoms with Gasteiger partial charge in [0.05, 0.1) is 18.8 Å². The van der Waals surface area contributed by atoms with E-state index in [4.69, 9.17) is 16.3 Å². The maximum atomic E-state index is 6.31. The molecule has 0 amide bonds. The second-order valence-corrected chi connectivity index (χ2v) is 6.15. The second kappa shape index (κ2) is 8.14. The molecule has 2 rings (SSSR count). The molecular weight excluding hydrogens is 284 g/mol. The molecule has 0 aliphatic carbocycles. The van der Waals surface area contributed by atoms with Crippen LogP contribution < -0.4 is 5.32 Å². The van der Waals surface area contributed by atoms with Gasteiger partial charge in [-0.2, -0.15) is 0 Å². The molecule has 3 nitrogen and oxygen atoms in total. The van der Waals surface area contributed by atoms with Gasteiger partial charge in [0.15, 0.2) is 0 Å². The van der Waals surface area contributed by atoms with E-state index in [2.05, 4.69) is 42.3 Å². The van der Waals surface area contributed by atoms with Crippen LogP contribution in [0.1, 0.15) is 37.4 Å². The first kappa shape index (κ1) is 16.8. The Labute approximate surface area is 133 Å². The molecule has 0 saturated carbocycles. The van der Waals surface area contributed by atoms with E-state index in [1.54, 1.807) is 0 Å². The molecule has 21 heavy (non-hydrogen) atoms. The van der Waals surface area contributed by atoms with Crippen molar-refractivity contribution in [2.24, 2.45) is 0 Å². The number of hydrogen-bond donors (Lipinski definition) is 1. The van der Waals surface area contributed by atoms with Crippen molar-refractivity contribution in [3.63, 3.8) is 0 Å². The average Bonchev–Trinajstić information content (AvgIpc) is 2.51. The Bertz CT molecular complexity index is 452. The highest BCUT2D eigenvalue weighted by Gasteiger charge is 2.28. The van der Waals surface area contributed by atoms with Crippen LogP contribution in [0.2, 0.25) is 5.02 Å². The minimum absolute atomic E-state index is 0.184. The second-order valence-electron chi connectivity index (χ2n) is 5.74. The molecule has 1 aromatic rings. The summed E-state index contributed by atoms with van der Waals surface area (Å²) in [6, 6.07) is 6.55. The van der Waals surface area contributed by atoms with Crippen LogP contribution in [0.4, 0.5) is 0 Å². The molecule has 118 valence electrons. The minimum Gasteiger partial charge on any atom is -0.374 e. The highest BCUT2D eigenvalue weighted by Crippen LogP contribution is 2.26. The minimum atomic E-state index is 0.184. The fraction of sp³-hybridized carbons (Fsp3) is 0.647. The number of hydrogen-bond acceptors (Lipinski definition) is 3. The smallest absolute Gasteiger partial charge is 0.0896 e. The number of rotatable bonds is 6. The topological polar surface area (TPSA) is 24.5 Å². The van der Waals surface area contributed by atoms with Crippen LogP contribution in [0.25, 0.3) is 0 Å². The first-order valence-electron chi connectivity index (χ1n) is 7.99. The number of nitrogens with zero attached hydrogens (tertiary/aromatic N) is 1. The van der Waals surface area contributed by atoms with Crippen molar-refractivity contribution < 1.29 is 4.74 Å². The summed E-state index contributed by atoms with van der Waals surface area (Å²) in [6.45, 7) is 11.3. The van der Waals surface area contributed by atoms with Gasteiger partial charge < -0.3 is 10.1 Å². The van der Waals surface area contributed by atoms with Gasteiger partial charge in [-0.15, -0.1) is 0 Å². The summed E-state index contributed by atoms with van der Waals surface area (Å²) in [7, 11) is 0. The zero-order chi connectivity index (χ0) is 15.2. The van der Waals surface area contributed by atoms with Crippen molar-refractivity contribution in [3.05, 3.63) is 34.3 Å². The van der Waals surface area contributed by atoms with Crippen molar-refractivity contribution in [3.8, 4) is 0 Å². The number of benzene rings is 1. The van der Waals surface area contributed by atoms with Crippen LogP contribution in [0.3, 0.4) is 0 Å². The van der Waals surface area contributed by atoms with Crippen molar-refractivity contribution in [1.29, 1.82) is 0 Å². The molecule has 1 N–H and O–H groups in total. The average molecular weight is 311 g/mol. The summed E-state index contributed by atoms with van der Waals surface area (Å²) < 4.78 is 6.05. The largest absolute Gasteiger partial charge is 0.374 e. The molecule has 0 spiro atoms. The SMILES string of the molecule is CCCNC(c1ccc(C)c(Cl)c1)C1CN(CC)CCO1. The summed E-state index contributed by atoms with van der Waals surface area (Å²) in [5.41, 5.74) is 2.34. The van der Waals surface area contributed by atoms with E-state index in [0.29, 0.717) is 0 Å². The Morgan fingerprint density at radius 1 is 1.43 bits per heavy atom. The molecule has 4 heteroatoms. The van der Waals surface area contributed by atoms with Crippen LogP contribution in [0.5, 0.6) is 0 Å². The summed E-state index contributed by atoms with van der Waals surface area (Å²) in [4.78, 5) is 2.45. The third-order valence-electron chi connectivity index (χ3n) is 4.17. The fourth-order valence-corrected chi connectivity index (χ4v) is 2.98. The third-order valence-corrected chi connectivity index (χ3v) is 4.57. The van der Waals surface area contributed by atoms with E-state index in [1.807, 2.05) is 6.92 Å². The maximum absolute atomic E-state index is 6.31. The molecule has 0 bridgehead atoms. The van der Waals surface area contributed by atoms with Gasteiger partial charge in [-0.05, 0) is 43.6 Å². The lowest BCUT2D eigenvalue weighted by molar-refractivity contribution is -0.0455. The van der Waals surface area contributed by atoms with Crippen LogP contribution >= 0.6 is 11.6 Å². The van der Waals surface area contributed by atoms with Crippen LogP contribution in [-0.4, -0.2) is 43.8 Å². The Morgan fingerprint density at radius 2 is 2.24 bits per heavy atom. The third kappa shape index (κ3) is 4.43. The van der Waals surface area contributed by atoms with Gasteiger partial charge in [-0.3, -0.25) is 4.90 Å². The Hall–Kier alpha value is -0.610. The van der Waals surface area contributed by atoms with Gasteiger partial charge in [-0.1, -0.05) is 37.6 Å². The lowest BCUT2D eigenvalue weighted by Gasteiger charge is -2.37. The van der Waals surface area contributed by atoms with Crippen molar-refractivity contribution in [2.45, 2.75) is 39.3 Å². The Balaban J connectivity index is 2.18. The van der Waals surface area contributed by atoms with Gasteiger partial charge in [0.25, 0.3) is 0 Å².